The predicted octanol–water partition coefficient (Wildman–Crippen LogP) is 5.58. The van der Waals surface area contributed by atoms with Crippen molar-refractivity contribution in [3.63, 3.8) is 0 Å². The standard InChI is InChI=1S/C29H29FN2O7S/c1-5-14-39-20-13-10-18(15-21(20)37-6-2)23-22(24(33)17-8-11-19(30)12-9-17)25(34)27(35)32(23)29-31-16(4)26(40-29)28(36)38-7-3/h8-13,15,23,33H,5-7,14H2,1-4H3/b24-22+. The minimum Gasteiger partial charge on any atom is -0.507 e. The first-order valence-corrected chi connectivity index (χ1v) is 13.6. The van der Waals surface area contributed by atoms with Gasteiger partial charge in [0, 0.05) is 5.56 Å². The highest BCUT2D eigenvalue weighted by atomic mass is 32.1. The summed E-state index contributed by atoms with van der Waals surface area (Å²) in [6.07, 6.45) is 0.775. The molecule has 2 aromatic carbocycles. The van der Waals surface area contributed by atoms with Gasteiger partial charge >= 0.3 is 11.9 Å². The number of ether oxygens (including phenoxy) is 3. The average Bonchev–Trinajstić information content (AvgIpc) is 3.44. The number of hydrogen-bond acceptors (Lipinski definition) is 9. The molecule has 0 bridgehead atoms. The molecule has 0 spiro atoms. The second-order valence-corrected chi connectivity index (χ2v) is 9.77. The molecule has 9 nitrogen and oxygen atoms in total. The Morgan fingerprint density at radius 2 is 1.77 bits per heavy atom. The fraction of sp³-hybridized carbons (Fsp3) is 0.310. The third kappa shape index (κ3) is 5.55. The van der Waals surface area contributed by atoms with Crippen molar-refractivity contribution < 1.29 is 38.1 Å². The SMILES string of the molecule is CCCOc1ccc(C2/C(=C(\O)c3ccc(F)cc3)C(=O)C(=O)N2c2nc(C)c(C(=O)OCC)s2)cc1OCC. The van der Waals surface area contributed by atoms with Crippen molar-refractivity contribution in [2.45, 2.75) is 40.2 Å². The second-order valence-electron chi connectivity index (χ2n) is 8.80. The Balaban J connectivity index is 1.92. The van der Waals surface area contributed by atoms with Crippen LogP contribution in [-0.2, 0) is 14.3 Å². The molecule has 1 aliphatic heterocycles. The molecule has 1 atom stereocenters. The Bertz CT molecular complexity index is 1470. The smallest absolute Gasteiger partial charge is 0.350 e. The van der Waals surface area contributed by atoms with Gasteiger partial charge in [0.25, 0.3) is 5.78 Å². The number of nitrogens with zero attached hydrogens (tertiary/aromatic N) is 2. The largest absolute Gasteiger partial charge is 0.507 e. The lowest BCUT2D eigenvalue weighted by molar-refractivity contribution is -0.132. The van der Waals surface area contributed by atoms with Gasteiger partial charge < -0.3 is 19.3 Å². The van der Waals surface area contributed by atoms with E-state index in [1.165, 1.54) is 12.1 Å². The van der Waals surface area contributed by atoms with Gasteiger partial charge in [0.15, 0.2) is 16.6 Å². The number of hydrogen-bond donors (Lipinski definition) is 1. The second kappa shape index (κ2) is 12.3. The molecule has 0 saturated carbocycles. The van der Waals surface area contributed by atoms with Gasteiger partial charge in [-0.15, -0.1) is 0 Å². The molecule has 40 heavy (non-hydrogen) atoms. The number of thiazole rings is 1. The summed E-state index contributed by atoms with van der Waals surface area (Å²) in [5.74, 6) is -2.62. The van der Waals surface area contributed by atoms with Crippen LogP contribution in [0.25, 0.3) is 5.76 Å². The highest BCUT2D eigenvalue weighted by Crippen LogP contribution is 2.45. The Kier molecular flexibility index (Phi) is 8.83. The van der Waals surface area contributed by atoms with Gasteiger partial charge in [-0.3, -0.25) is 14.5 Å². The molecule has 210 valence electrons. The van der Waals surface area contributed by atoms with Crippen LogP contribution in [0.4, 0.5) is 9.52 Å². The molecule has 4 rings (SSSR count). The third-order valence-electron chi connectivity index (χ3n) is 6.06. The first-order chi connectivity index (χ1) is 19.2. The predicted molar refractivity (Wildman–Crippen MR) is 147 cm³/mol. The molecule has 1 N–H and O–H groups in total. The molecule has 1 saturated heterocycles. The van der Waals surface area contributed by atoms with E-state index in [0.717, 1.165) is 34.8 Å². The van der Waals surface area contributed by atoms with E-state index < -0.39 is 35.3 Å². The first-order valence-electron chi connectivity index (χ1n) is 12.8. The van der Waals surface area contributed by atoms with Crippen molar-refractivity contribution in [1.82, 2.24) is 4.98 Å². The Morgan fingerprint density at radius 1 is 1.05 bits per heavy atom. The summed E-state index contributed by atoms with van der Waals surface area (Å²) in [6.45, 7) is 7.99. The summed E-state index contributed by atoms with van der Waals surface area (Å²) >= 11 is 0.907. The van der Waals surface area contributed by atoms with E-state index in [1.807, 2.05) is 13.8 Å². The maximum Gasteiger partial charge on any atom is 0.350 e. The van der Waals surface area contributed by atoms with E-state index in [2.05, 4.69) is 4.98 Å². The fourth-order valence-corrected chi connectivity index (χ4v) is 5.26. The van der Waals surface area contributed by atoms with Gasteiger partial charge in [0.1, 0.15) is 16.5 Å². The minimum atomic E-state index is -1.13. The summed E-state index contributed by atoms with van der Waals surface area (Å²) in [5.41, 5.74) is 0.698. The number of anilines is 1. The number of carbonyl (C=O) groups is 3. The molecule has 0 aliphatic carbocycles. The van der Waals surface area contributed by atoms with Crippen molar-refractivity contribution in [3.05, 3.63) is 75.6 Å². The van der Waals surface area contributed by atoms with Crippen LogP contribution in [0, 0.1) is 12.7 Å². The topological polar surface area (TPSA) is 115 Å². The van der Waals surface area contributed by atoms with E-state index >= 15 is 0 Å². The number of aliphatic hydroxyl groups excluding tert-OH is 1. The van der Waals surface area contributed by atoms with Crippen LogP contribution in [0.2, 0.25) is 0 Å². The lowest BCUT2D eigenvalue weighted by Crippen LogP contribution is -2.29. The van der Waals surface area contributed by atoms with Crippen LogP contribution in [0.5, 0.6) is 11.5 Å². The zero-order chi connectivity index (χ0) is 29.0. The Hall–Kier alpha value is -4.25. The summed E-state index contributed by atoms with van der Waals surface area (Å²) in [7, 11) is 0. The molecule has 11 heteroatoms. The number of halogens is 1. The van der Waals surface area contributed by atoms with Gasteiger partial charge in [-0.05, 0) is 69.2 Å². The number of amides is 1. The summed E-state index contributed by atoms with van der Waals surface area (Å²) in [4.78, 5) is 45.2. The van der Waals surface area contributed by atoms with E-state index in [4.69, 9.17) is 14.2 Å². The maximum absolute atomic E-state index is 13.6. The van der Waals surface area contributed by atoms with Gasteiger partial charge in [-0.2, -0.15) is 0 Å². The zero-order valence-corrected chi connectivity index (χ0v) is 23.3. The van der Waals surface area contributed by atoms with Crippen molar-refractivity contribution in [2.75, 3.05) is 24.7 Å². The zero-order valence-electron chi connectivity index (χ0n) is 22.5. The van der Waals surface area contributed by atoms with Gasteiger partial charge in [-0.25, -0.2) is 14.2 Å². The van der Waals surface area contributed by atoms with Crippen LogP contribution in [0.1, 0.15) is 59.7 Å². The van der Waals surface area contributed by atoms with Crippen LogP contribution in [0.15, 0.2) is 48.0 Å². The first kappa shape index (κ1) is 28.8. The molecule has 2 heterocycles. The van der Waals surface area contributed by atoms with Crippen molar-refractivity contribution in [1.29, 1.82) is 0 Å². The molecule has 1 aliphatic rings. The normalized spacial score (nSPS) is 16.3. The number of Topliss-reactive ketones (excluding diaryl/α,β-unsaturated/α-hetero) is 1. The number of aryl methyl sites for hydroxylation is 1. The van der Waals surface area contributed by atoms with Crippen LogP contribution in [-0.4, -0.2) is 47.6 Å². The highest BCUT2D eigenvalue weighted by molar-refractivity contribution is 7.17. The molecular weight excluding hydrogens is 539 g/mol. The van der Waals surface area contributed by atoms with Gasteiger partial charge in [-0.1, -0.05) is 24.3 Å². The van der Waals surface area contributed by atoms with E-state index in [-0.39, 0.29) is 27.8 Å². The number of esters is 1. The van der Waals surface area contributed by atoms with Crippen molar-refractivity contribution in [2.24, 2.45) is 0 Å². The van der Waals surface area contributed by atoms with Crippen LogP contribution >= 0.6 is 11.3 Å². The molecule has 1 unspecified atom stereocenters. The number of aromatic nitrogens is 1. The number of rotatable bonds is 10. The molecular formula is C29H29FN2O7S. The van der Waals surface area contributed by atoms with Gasteiger partial charge in [0.05, 0.1) is 37.1 Å². The number of aliphatic hydroxyl groups is 1. The lowest BCUT2D eigenvalue weighted by Gasteiger charge is -2.24. The summed E-state index contributed by atoms with van der Waals surface area (Å²) in [6, 6.07) is 8.76. The maximum atomic E-state index is 13.6. The third-order valence-corrected chi connectivity index (χ3v) is 7.20. The number of benzene rings is 2. The Morgan fingerprint density at radius 3 is 2.42 bits per heavy atom. The number of ketones is 1. The molecule has 1 fully saturated rings. The lowest BCUT2D eigenvalue weighted by atomic mass is 9.95. The minimum absolute atomic E-state index is 0.0788. The van der Waals surface area contributed by atoms with E-state index in [1.54, 1.807) is 32.0 Å². The molecule has 0 radical (unpaired) electrons. The van der Waals surface area contributed by atoms with Crippen molar-refractivity contribution >= 4 is 39.9 Å². The molecule has 3 aromatic rings. The van der Waals surface area contributed by atoms with Crippen LogP contribution < -0.4 is 14.4 Å². The molecule has 1 amide bonds. The molecule has 1 aromatic heterocycles. The van der Waals surface area contributed by atoms with Crippen LogP contribution in [0.3, 0.4) is 0 Å². The summed E-state index contributed by atoms with van der Waals surface area (Å²) < 4.78 is 30.3. The van der Waals surface area contributed by atoms with E-state index in [0.29, 0.717) is 36.0 Å². The van der Waals surface area contributed by atoms with Gasteiger partial charge in [0.2, 0.25) is 0 Å². The quantitative estimate of drug-likeness (QED) is 0.146. The highest BCUT2D eigenvalue weighted by Gasteiger charge is 2.48. The fourth-order valence-electron chi connectivity index (χ4n) is 4.27. The monoisotopic (exact) mass is 568 g/mol. The summed E-state index contributed by atoms with van der Waals surface area (Å²) in [5, 5.41) is 11.3. The average molecular weight is 569 g/mol. The van der Waals surface area contributed by atoms with E-state index in [9.17, 15) is 23.9 Å². The number of carbonyl (C=O) groups excluding carboxylic acids is 3. The van der Waals surface area contributed by atoms with Crippen molar-refractivity contribution in [3.8, 4) is 11.5 Å². The Labute approximate surface area is 234 Å².